The molecule has 1 aliphatic heterocycles. The number of halogens is 1. The predicted molar refractivity (Wildman–Crippen MR) is 115 cm³/mol. The molecule has 2 fully saturated rings. The zero-order valence-corrected chi connectivity index (χ0v) is 17.7. The first-order chi connectivity index (χ1) is 14.9. The summed E-state index contributed by atoms with van der Waals surface area (Å²) in [6.07, 6.45) is 4.29. The molecule has 2 aromatic carbocycles. The van der Waals surface area contributed by atoms with E-state index >= 15 is 0 Å². The summed E-state index contributed by atoms with van der Waals surface area (Å²) in [6.45, 7) is 0.601. The third-order valence-corrected chi connectivity index (χ3v) is 6.35. The van der Waals surface area contributed by atoms with Gasteiger partial charge in [0.25, 0.3) is 5.91 Å². The fourth-order valence-electron chi connectivity index (χ4n) is 4.52. The van der Waals surface area contributed by atoms with Crippen molar-refractivity contribution in [2.75, 3.05) is 6.54 Å². The molecule has 31 heavy (non-hydrogen) atoms. The van der Waals surface area contributed by atoms with Crippen LogP contribution in [-0.4, -0.2) is 34.1 Å². The van der Waals surface area contributed by atoms with Crippen LogP contribution in [-0.2, 0) is 11.4 Å². The van der Waals surface area contributed by atoms with Crippen LogP contribution in [0, 0.1) is 16.0 Å². The first-order valence-electron chi connectivity index (χ1n) is 10.4. The van der Waals surface area contributed by atoms with E-state index in [1.807, 2.05) is 4.90 Å². The van der Waals surface area contributed by atoms with Crippen molar-refractivity contribution in [2.45, 2.75) is 44.8 Å². The molecule has 2 aromatic rings. The molecule has 2 aliphatic rings. The molecule has 7 nitrogen and oxygen atoms in total. The van der Waals surface area contributed by atoms with Gasteiger partial charge in [-0.3, -0.25) is 19.7 Å². The minimum atomic E-state index is -0.537. The Kier molecular flexibility index (Phi) is 6.23. The number of ketones is 1. The highest BCUT2D eigenvalue weighted by Gasteiger charge is 2.40. The fraction of sp³-hybridized carbons (Fsp3) is 0.391. The highest BCUT2D eigenvalue weighted by Crippen LogP contribution is 2.34. The molecule has 0 aromatic heterocycles. The van der Waals surface area contributed by atoms with E-state index in [-0.39, 0.29) is 46.7 Å². The number of carbonyl (C=O) groups is 2. The van der Waals surface area contributed by atoms with Crippen LogP contribution in [0.25, 0.3) is 0 Å². The van der Waals surface area contributed by atoms with Crippen molar-refractivity contribution in [3.63, 3.8) is 0 Å². The minimum absolute atomic E-state index is 0.0102. The lowest BCUT2D eigenvalue weighted by atomic mass is 9.77. The Hall–Kier alpha value is -2.93. The molecule has 1 amide bonds. The van der Waals surface area contributed by atoms with Crippen LogP contribution in [0.2, 0.25) is 5.02 Å². The highest BCUT2D eigenvalue weighted by molar-refractivity contribution is 6.30. The number of carbonyl (C=O) groups excluding carboxylic acids is 2. The second-order valence-corrected chi connectivity index (χ2v) is 8.46. The van der Waals surface area contributed by atoms with E-state index < -0.39 is 4.92 Å². The van der Waals surface area contributed by atoms with Crippen molar-refractivity contribution >= 4 is 29.0 Å². The van der Waals surface area contributed by atoms with Gasteiger partial charge in [0.15, 0.2) is 5.75 Å². The quantitative estimate of drug-likeness (QED) is 0.490. The number of likely N-dealkylation sites (tertiary alicyclic amines) is 1. The molecule has 0 spiro atoms. The van der Waals surface area contributed by atoms with Crippen molar-refractivity contribution < 1.29 is 19.2 Å². The van der Waals surface area contributed by atoms with Gasteiger partial charge in [-0.05, 0) is 42.7 Å². The van der Waals surface area contributed by atoms with Crippen LogP contribution in [0.1, 0.15) is 48.0 Å². The van der Waals surface area contributed by atoms with Gasteiger partial charge in [-0.1, -0.05) is 36.6 Å². The van der Waals surface area contributed by atoms with Gasteiger partial charge in [0.2, 0.25) is 0 Å². The van der Waals surface area contributed by atoms with Crippen LogP contribution in [0.5, 0.6) is 5.75 Å². The number of piperidine rings is 1. The number of Topliss-reactive ketones (excluding diaryl/α,β-unsaturated/α-hetero) is 1. The van der Waals surface area contributed by atoms with Gasteiger partial charge in [-0.25, -0.2) is 0 Å². The van der Waals surface area contributed by atoms with Crippen molar-refractivity contribution in [1.29, 1.82) is 0 Å². The van der Waals surface area contributed by atoms with E-state index in [0.29, 0.717) is 18.5 Å². The molecular weight excluding hydrogens is 420 g/mol. The molecule has 0 bridgehead atoms. The number of nitro groups is 1. The van der Waals surface area contributed by atoms with E-state index in [1.165, 1.54) is 18.2 Å². The lowest BCUT2D eigenvalue weighted by Gasteiger charge is -2.43. The van der Waals surface area contributed by atoms with Gasteiger partial charge >= 0.3 is 5.69 Å². The Balaban J connectivity index is 1.43. The average molecular weight is 443 g/mol. The van der Waals surface area contributed by atoms with Gasteiger partial charge in [-0.2, -0.15) is 0 Å². The Morgan fingerprint density at radius 3 is 2.65 bits per heavy atom. The number of hydrogen-bond acceptors (Lipinski definition) is 5. The van der Waals surface area contributed by atoms with Gasteiger partial charge in [0.1, 0.15) is 12.4 Å². The largest absolute Gasteiger partial charge is 0.482 e. The maximum absolute atomic E-state index is 13.1. The van der Waals surface area contributed by atoms with Crippen LogP contribution in [0.3, 0.4) is 0 Å². The molecule has 0 radical (unpaired) electrons. The van der Waals surface area contributed by atoms with Crippen molar-refractivity contribution in [3.05, 3.63) is 68.7 Å². The first kappa shape index (κ1) is 21.3. The van der Waals surface area contributed by atoms with Gasteiger partial charge in [-0.15, -0.1) is 0 Å². The summed E-state index contributed by atoms with van der Waals surface area (Å²) in [5, 5.41) is 11.4. The monoisotopic (exact) mass is 442 g/mol. The number of hydrogen-bond donors (Lipinski definition) is 0. The molecule has 1 saturated heterocycles. The Morgan fingerprint density at radius 2 is 1.90 bits per heavy atom. The maximum Gasteiger partial charge on any atom is 0.312 e. The van der Waals surface area contributed by atoms with Crippen LogP contribution < -0.4 is 4.74 Å². The van der Waals surface area contributed by atoms with Crippen LogP contribution in [0.4, 0.5) is 5.69 Å². The molecule has 162 valence electrons. The summed E-state index contributed by atoms with van der Waals surface area (Å²) in [6, 6.07) is 11.3. The van der Waals surface area contributed by atoms with Crippen molar-refractivity contribution in [2.24, 2.45) is 5.92 Å². The molecule has 0 unspecified atom stereocenters. The Labute approximate surface area is 185 Å². The lowest BCUT2D eigenvalue weighted by molar-refractivity contribution is -0.385. The van der Waals surface area contributed by atoms with Crippen molar-refractivity contribution in [3.8, 4) is 5.75 Å². The molecule has 0 N–H and O–H groups in total. The minimum Gasteiger partial charge on any atom is -0.482 e. The molecule has 8 heteroatoms. The molecule has 1 aliphatic carbocycles. The Bertz CT molecular complexity index is 1010. The number of fused-ring (bicyclic) bond motifs is 1. The zero-order valence-electron chi connectivity index (χ0n) is 17.0. The summed E-state index contributed by atoms with van der Waals surface area (Å²) in [7, 11) is 0. The topological polar surface area (TPSA) is 89.8 Å². The normalized spacial score (nSPS) is 20.8. The molecule has 1 heterocycles. The maximum atomic E-state index is 13.1. The summed E-state index contributed by atoms with van der Waals surface area (Å²) in [5.41, 5.74) is 1.16. The number of rotatable bonds is 5. The number of nitrogens with zero attached hydrogens (tertiary/aromatic N) is 2. The molecular formula is C23H23ClN2O5. The fourth-order valence-corrected chi connectivity index (χ4v) is 4.69. The molecule has 2 atom stereocenters. The second-order valence-electron chi connectivity index (χ2n) is 8.03. The van der Waals surface area contributed by atoms with Crippen LogP contribution >= 0.6 is 11.6 Å². The standard InChI is InChI=1S/C23H23ClN2O5/c24-17-9-10-22(20(13-17)26(29)30)31-14-15-5-7-16(8-6-15)23(28)25-12-11-21(27)18-3-1-2-4-19(18)25/h5-10,13,18-19H,1-4,11-12,14H2/t18-,19-/m0/s1. The van der Waals surface area contributed by atoms with E-state index in [9.17, 15) is 19.7 Å². The van der Waals surface area contributed by atoms with Gasteiger partial charge in [0.05, 0.1) is 4.92 Å². The van der Waals surface area contributed by atoms with E-state index in [1.54, 1.807) is 24.3 Å². The predicted octanol–water partition coefficient (Wildman–Crippen LogP) is 4.80. The van der Waals surface area contributed by atoms with E-state index in [2.05, 4.69) is 0 Å². The lowest BCUT2D eigenvalue weighted by Crippen LogP contribution is -2.53. The van der Waals surface area contributed by atoms with Gasteiger partial charge in [0, 0.05) is 41.6 Å². The van der Waals surface area contributed by atoms with Crippen LogP contribution in [0.15, 0.2) is 42.5 Å². The summed E-state index contributed by atoms with van der Waals surface area (Å²) in [5.74, 6) is 0.355. The van der Waals surface area contributed by atoms with E-state index in [0.717, 1.165) is 31.2 Å². The van der Waals surface area contributed by atoms with E-state index in [4.69, 9.17) is 16.3 Å². The SMILES string of the molecule is O=C1CCN(C(=O)c2ccc(COc3ccc(Cl)cc3[N+](=O)[O-])cc2)[C@H]2CCCC[C@H]12. The smallest absolute Gasteiger partial charge is 0.312 e. The Morgan fingerprint density at radius 1 is 1.16 bits per heavy atom. The highest BCUT2D eigenvalue weighted by atomic mass is 35.5. The van der Waals surface area contributed by atoms with Crippen molar-refractivity contribution in [1.82, 2.24) is 4.90 Å². The van der Waals surface area contributed by atoms with Gasteiger partial charge < -0.3 is 9.64 Å². The number of nitro benzene ring substituents is 1. The first-order valence-corrected chi connectivity index (χ1v) is 10.8. The average Bonchev–Trinajstić information content (AvgIpc) is 2.78. The second kappa shape index (κ2) is 9.06. The zero-order chi connectivity index (χ0) is 22.0. The summed E-state index contributed by atoms with van der Waals surface area (Å²) < 4.78 is 5.61. The number of benzene rings is 2. The molecule has 4 rings (SSSR count). The number of ether oxygens (including phenoxy) is 1. The summed E-state index contributed by atoms with van der Waals surface area (Å²) >= 11 is 5.83. The third kappa shape index (κ3) is 4.56. The number of amides is 1. The third-order valence-electron chi connectivity index (χ3n) is 6.12. The summed E-state index contributed by atoms with van der Waals surface area (Å²) in [4.78, 5) is 37.9. The molecule has 1 saturated carbocycles.